The van der Waals surface area contributed by atoms with E-state index in [4.69, 9.17) is 9.31 Å². The van der Waals surface area contributed by atoms with Crippen LogP contribution in [0.15, 0.2) is 12.1 Å². The van der Waals surface area contributed by atoms with Crippen LogP contribution in [-0.2, 0) is 9.31 Å². The average Bonchev–Trinajstić information content (AvgIpc) is 2.48. The summed E-state index contributed by atoms with van der Waals surface area (Å²) in [4.78, 5) is 14.7. The van der Waals surface area contributed by atoms with Crippen LogP contribution >= 0.6 is 0 Å². The third-order valence-electron chi connectivity index (χ3n) is 3.52. The van der Waals surface area contributed by atoms with Gasteiger partial charge in [0.25, 0.3) is 0 Å². The van der Waals surface area contributed by atoms with Gasteiger partial charge in [-0.3, -0.25) is 9.78 Å². The van der Waals surface area contributed by atoms with Crippen molar-refractivity contribution in [1.29, 1.82) is 0 Å². The first-order valence-corrected chi connectivity index (χ1v) is 5.77. The van der Waals surface area contributed by atoms with Crippen LogP contribution < -0.4 is 5.59 Å². The number of hydrogen-bond donors (Lipinski definition) is 1. The van der Waals surface area contributed by atoms with E-state index in [1.165, 1.54) is 12.1 Å². The number of rotatable bonds is 2. The highest BCUT2D eigenvalue weighted by Gasteiger charge is 2.53. The van der Waals surface area contributed by atoms with Crippen molar-refractivity contribution in [2.75, 3.05) is 0 Å². The Kier molecular flexibility index (Phi) is 2.95. The summed E-state index contributed by atoms with van der Waals surface area (Å²) in [5, 5.41) is 9.79. The summed E-state index contributed by atoms with van der Waals surface area (Å²) in [6.07, 6.45) is 0.619. The van der Waals surface area contributed by atoms with E-state index in [9.17, 15) is 9.90 Å². The maximum Gasteiger partial charge on any atom is 0.518 e. The van der Waals surface area contributed by atoms with Gasteiger partial charge in [-0.25, -0.2) is 0 Å². The van der Waals surface area contributed by atoms with E-state index in [1.807, 2.05) is 27.7 Å². The normalized spacial score (nSPS) is 21.0. The van der Waals surface area contributed by atoms with Crippen LogP contribution in [0.25, 0.3) is 0 Å². The third-order valence-corrected chi connectivity index (χ3v) is 3.52. The Morgan fingerprint density at radius 2 is 1.78 bits per heavy atom. The van der Waals surface area contributed by atoms with E-state index in [0.717, 1.165) is 0 Å². The first-order valence-electron chi connectivity index (χ1n) is 5.77. The summed E-state index contributed by atoms with van der Waals surface area (Å²) in [6, 6.07) is 2.86. The highest BCUT2D eigenvalue weighted by atomic mass is 16.7. The molecule has 0 aromatic carbocycles. The minimum Gasteiger partial charge on any atom is -0.507 e. The lowest BCUT2D eigenvalue weighted by molar-refractivity contribution is 0.00578. The molecule has 5 nitrogen and oxygen atoms in total. The molecule has 2 heterocycles. The fourth-order valence-electron chi connectivity index (χ4n) is 1.68. The molecule has 1 aliphatic heterocycles. The van der Waals surface area contributed by atoms with Crippen molar-refractivity contribution < 1.29 is 19.2 Å². The Morgan fingerprint density at radius 1 is 1.22 bits per heavy atom. The van der Waals surface area contributed by atoms with Gasteiger partial charge >= 0.3 is 7.12 Å². The SMILES string of the molecule is CC1(C)OB(c2nc(C=O)ccc2O)OC1(C)C. The van der Waals surface area contributed by atoms with Gasteiger partial charge in [0.1, 0.15) is 17.0 Å². The predicted molar refractivity (Wildman–Crippen MR) is 67.0 cm³/mol. The molecule has 96 valence electrons. The second-order valence-electron chi connectivity index (χ2n) is 5.35. The van der Waals surface area contributed by atoms with E-state index in [1.54, 1.807) is 0 Å². The van der Waals surface area contributed by atoms with Crippen molar-refractivity contribution in [3.63, 3.8) is 0 Å². The molecule has 1 aliphatic rings. The van der Waals surface area contributed by atoms with Gasteiger partial charge in [-0.1, -0.05) is 0 Å². The van der Waals surface area contributed by atoms with Crippen LogP contribution in [-0.4, -0.2) is 34.7 Å². The minimum atomic E-state index is -0.769. The quantitative estimate of drug-likeness (QED) is 0.622. The Bertz CT molecular complexity index is 471. The molecule has 0 aliphatic carbocycles. The molecule has 0 saturated carbocycles. The van der Waals surface area contributed by atoms with E-state index >= 15 is 0 Å². The Hall–Kier alpha value is -1.40. The molecule has 6 heteroatoms. The van der Waals surface area contributed by atoms with Gasteiger partial charge in [0, 0.05) is 0 Å². The molecule has 0 bridgehead atoms. The Balaban J connectivity index is 2.37. The number of hydrogen-bond acceptors (Lipinski definition) is 5. The first kappa shape index (κ1) is 13.0. The zero-order chi connectivity index (χ0) is 13.6. The van der Waals surface area contributed by atoms with Crippen LogP contribution in [0, 0.1) is 0 Å². The van der Waals surface area contributed by atoms with Gasteiger partial charge < -0.3 is 14.4 Å². The van der Waals surface area contributed by atoms with Crippen LogP contribution in [0.4, 0.5) is 0 Å². The molecular weight excluding hydrogens is 233 g/mol. The van der Waals surface area contributed by atoms with Crippen LogP contribution in [0.1, 0.15) is 38.2 Å². The van der Waals surface area contributed by atoms with Crippen molar-refractivity contribution in [3.05, 3.63) is 17.8 Å². The molecule has 1 aromatic rings. The fourth-order valence-corrected chi connectivity index (χ4v) is 1.68. The van der Waals surface area contributed by atoms with Crippen molar-refractivity contribution in [2.45, 2.75) is 38.9 Å². The molecule has 0 unspecified atom stereocenters. The fraction of sp³-hybridized carbons (Fsp3) is 0.500. The summed E-state index contributed by atoms with van der Waals surface area (Å²) >= 11 is 0. The summed E-state index contributed by atoms with van der Waals surface area (Å²) in [6.45, 7) is 7.64. The molecule has 2 rings (SSSR count). The van der Waals surface area contributed by atoms with E-state index in [2.05, 4.69) is 4.98 Å². The first-order chi connectivity index (χ1) is 8.27. The number of aldehydes is 1. The number of carbonyl (C=O) groups excluding carboxylic acids is 1. The summed E-state index contributed by atoms with van der Waals surface area (Å²) in [5.74, 6) is -0.0425. The standard InChI is InChI=1S/C12H16BNO4/c1-11(2)12(3,4)18-13(17-11)10-9(16)6-5-8(7-15)14-10/h5-7,16H,1-4H3. The maximum absolute atomic E-state index is 10.7. The van der Waals surface area contributed by atoms with Crippen LogP contribution in [0.3, 0.4) is 0 Å². The second kappa shape index (κ2) is 4.07. The van der Waals surface area contributed by atoms with Gasteiger partial charge in [-0.2, -0.15) is 0 Å². The predicted octanol–water partition coefficient (Wildman–Crippen LogP) is 0.899. The minimum absolute atomic E-state index is 0.0425. The van der Waals surface area contributed by atoms with E-state index < -0.39 is 18.3 Å². The summed E-state index contributed by atoms with van der Waals surface area (Å²) in [7, 11) is -0.769. The molecular formula is C12H16BNO4. The summed E-state index contributed by atoms with van der Waals surface area (Å²) in [5.41, 5.74) is -0.554. The third kappa shape index (κ3) is 2.02. The number of nitrogens with zero attached hydrogens (tertiary/aromatic N) is 1. The zero-order valence-electron chi connectivity index (χ0n) is 10.9. The molecule has 1 N–H and O–H groups in total. The molecule has 0 spiro atoms. The molecule has 18 heavy (non-hydrogen) atoms. The van der Waals surface area contributed by atoms with Gasteiger partial charge in [0.2, 0.25) is 0 Å². The average molecular weight is 249 g/mol. The maximum atomic E-state index is 10.7. The van der Waals surface area contributed by atoms with E-state index in [-0.39, 0.29) is 17.0 Å². The lowest BCUT2D eigenvalue weighted by Crippen LogP contribution is -2.41. The zero-order valence-corrected chi connectivity index (χ0v) is 10.9. The smallest absolute Gasteiger partial charge is 0.507 e. The lowest BCUT2D eigenvalue weighted by Gasteiger charge is -2.32. The number of aromatic nitrogens is 1. The summed E-state index contributed by atoms with van der Waals surface area (Å²) < 4.78 is 11.5. The highest BCUT2D eigenvalue weighted by Crippen LogP contribution is 2.36. The van der Waals surface area contributed by atoms with Crippen molar-refractivity contribution in [1.82, 2.24) is 4.98 Å². The van der Waals surface area contributed by atoms with Crippen molar-refractivity contribution >= 4 is 19.0 Å². The van der Waals surface area contributed by atoms with Gasteiger partial charge in [0.05, 0.1) is 11.2 Å². The van der Waals surface area contributed by atoms with Crippen molar-refractivity contribution in [2.24, 2.45) is 0 Å². The number of pyridine rings is 1. The number of carbonyl (C=O) groups is 1. The topological polar surface area (TPSA) is 68.7 Å². The van der Waals surface area contributed by atoms with Crippen molar-refractivity contribution in [3.8, 4) is 5.75 Å². The van der Waals surface area contributed by atoms with E-state index in [0.29, 0.717) is 6.29 Å². The molecule has 0 amide bonds. The molecule has 1 saturated heterocycles. The molecule has 1 fully saturated rings. The monoisotopic (exact) mass is 249 g/mol. The Labute approximate surface area is 106 Å². The second-order valence-corrected chi connectivity index (χ2v) is 5.35. The molecule has 1 aromatic heterocycles. The molecule has 0 radical (unpaired) electrons. The van der Waals surface area contributed by atoms with Crippen LogP contribution in [0.2, 0.25) is 0 Å². The van der Waals surface area contributed by atoms with Gasteiger partial charge in [-0.15, -0.1) is 0 Å². The highest BCUT2D eigenvalue weighted by molar-refractivity contribution is 6.62. The van der Waals surface area contributed by atoms with Gasteiger partial charge in [0.15, 0.2) is 6.29 Å². The van der Waals surface area contributed by atoms with Crippen LogP contribution in [0.5, 0.6) is 5.75 Å². The lowest BCUT2D eigenvalue weighted by atomic mass is 9.83. The largest absolute Gasteiger partial charge is 0.518 e. The number of aromatic hydroxyl groups is 1. The van der Waals surface area contributed by atoms with Gasteiger partial charge in [-0.05, 0) is 39.8 Å². The molecule has 0 atom stereocenters. The Morgan fingerprint density at radius 3 is 2.28 bits per heavy atom.